The van der Waals surface area contributed by atoms with Crippen LogP contribution in [0.5, 0.6) is 0 Å². The summed E-state index contributed by atoms with van der Waals surface area (Å²) in [5.41, 5.74) is 0.614. The van der Waals surface area contributed by atoms with Crippen molar-refractivity contribution >= 4 is 34.2 Å². The second kappa shape index (κ2) is 8.77. The van der Waals surface area contributed by atoms with Crippen LogP contribution in [0.2, 0.25) is 5.02 Å². The Kier molecular flexibility index (Phi) is 5.78. The molecule has 34 heavy (non-hydrogen) atoms. The van der Waals surface area contributed by atoms with Gasteiger partial charge in [0.25, 0.3) is 11.1 Å². The standard InChI is InChI=1S/C23H26ClN7O3/c1-26-20-19(21(33)27(2)23(26)34)31-10-7-18(32)30(22(31)25-20)9-4-8-28-11-13-29(14-12-28)17-6-3-5-16(24)15-17/h3,5-7,10,15H,4,8-9,11-14H2,1-2H3. The van der Waals surface area contributed by atoms with Gasteiger partial charge in [0.2, 0.25) is 5.78 Å². The monoisotopic (exact) mass is 483 g/mol. The van der Waals surface area contributed by atoms with E-state index in [-0.39, 0.29) is 16.7 Å². The molecule has 1 aliphatic heterocycles. The molecule has 0 aliphatic carbocycles. The summed E-state index contributed by atoms with van der Waals surface area (Å²) in [5.74, 6) is 0.367. The minimum absolute atomic E-state index is 0.185. The van der Waals surface area contributed by atoms with Crippen LogP contribution in [0.1, 0.15) is 6.42 Å². The first-order valence-electron chi connectivity index (χ1n) is 11.3. The van der Waals surface area contributed by atoms with Gasteiger partial charge in [-0.05, 0) is 31.2 Å². The van der Waals surface area contributed by atoms with Gasteiger partial charge in [0.15, 0.2) is 11.2 Å². The average molecular weight is 484 g/mol. The first kappa shape index (κ1) is 22.4. The zero-order valence-electron chi connectivity index (χ0n) is 19.1. The highest BCUT2D eigenvalue weighted by atomic mass is 35.5. The number of halogens is 1. The van der Waals surface area contributed by atoms with Gasteiger partial charge >= 0.3 is 5.69 Å². The molecule has 5 rings (SSSR count). The number of benzene rings is 1. The van der Waals surface area contributed by atoms with Crippen LogP contribution in [0.4, 0.5) is 5.69 Å². The lowest BCUT2D eigenvalue weighted by Gasteiger charge is -2.36. The van der Waals surface area contributed by atoms with E-state index in [1.807, 2.05) is 18.2 Å². The van der Waals surface area contributed by atoms with Crippen LogP contribution < -0.4 is 21.7 Å². The number of hydrogen-bond acceptors (Lipinski definition) is 6. The predicted octanol–water partition coefficient (Wildman–Crippen LogP) is 0.912. The van der Waals surface area contributed by atoms with Crippen molar-refractivity contribution in [1.82, 2.24) is 28.0 Å². The van der Waals surface area contributed by atoms with Crippen LogP contribution in [0.3, 0.4) is 0 Å². The van der Waals surface area contributed by atoms with Crippen molar-refractivity contribution in [3.8, 4) is 0 Å². The molecule has 0 atom stereocenters. The quantitative estimate of drug-likeness (QED) is 0.419. The van der Waals surface area contributed by atoms with Crippen molar-refractivity contribution in [2.75, 3.05) is 37.6 Å². The Bertz CT molecular complexity index is 1560. The molecule has 1 fully saturated rings. The Hall–Kier alpha value is -3.37. The van der Waals surface area contributed by atoms with Gasteiger partial charge in [0.1, 0.15) is 0 Å². The Balaban J connectivity index is 1.32. The van der Waals surface area contributed by atoms with Crippen molar-refractivity contribution < 1.29 is 0 Å². The smallest absolute Gasteiger partial charge is 0.332 e. The van der Waals surface area contributed by atoms with E-state index in [1.54, 1.807) is 22.2 Å². The molecule has 1 saturated heterocycles. The average Bonchev–Trinajstić information content (AvgIpc) is 3.23. The highest BCUT2D eigenvalue weighted by molar-refractivity contribution is 6.30. The van der Waals surface area contributed by atoms with Crippen LogP contribution in [0.15, 0.2) is 50.9 Å². The maximum absolute atomic E-state index is 12.7. The molecule has 3 aromatic heterocycles. The molecule has 0 N–H and O–H groups in total. The minimum atomic E-state index is -0.452. The Labute approximate surface area is 199 Å². The van der Waals surface area contributed by atoms with E-state index in [4.69, 9.17) is 11.6 Å². The molecule has 10 nitrogen and oxygen atoms in total. The summed E-state index contributed by atoms with van der Waals surface area (Å²) in [6.45, 7) is 5.00. The summed E-state index contributed by atoms with van der Waals surface area (Å²) in [5, 5.41) is 0.740. The second-order valence-electron chi connectivity index (χ2n) is 8.63. The molecule has 178 valence electrons. The first-order valence-corrected chi connectivity index (χ1v) is 11.6. The maximum atomic E-state index is 12.7. The van der Waals surface area contributed by atoms with E-state index in [0.29, 0.717) is 12.3 Å². The summed E-state index contributed by atoms with van der Waals surface area (Å²) in [6, 6.07) is 9.34. The van der Waals surface area contributed by atoms with Crippen molar-refractivity contribution in [1.29, 1.82) is 0 Å². The zero-order chi connectivity index (χ0) is 24.0. The SMILES string of the molecule is Cn1c(=O)c2c(nc3n(CCCN4CCN(c5cccc(Cl)c5)CC4)c(=O)ccn23)n(C)c1=O. The number of piperazine rings is 1. The maximum Gasteiger partial charge on any atom is 0.332 e. The fraction of sp³-hybridized carbons (Fsp3) is 0.391. The van der Waals surface area contributed by atoms with Crippen molar-refractivity contribution in [3.05, 3.63) is 72.7 Å². The van der Waals surface area contributed by atoms with Crippen molar-refractivity contribution in [2.24, 2.45) is 14.1 Å². The first-order chi connectivity index (χ1) is 16.3. The van der Waals surface area contributed by atoms with E-state index in [0.717, 1.165) is 54.4 Å². The van der Waals surface area contributed by atoms with Gasteiger partial charge in [-0.2, -0.15) is 4.98 Å². The largest absolute Gasteiger partial charge is 0.369 e. The summed E-state index contributed by atoms with van der Waals surface area (Å²) < 4.78 is 5.56. The predicted molar refractivity (Wildman–Crippen MR) is 132 cm³/mol. The normalized spacial score (nSPS) is 15.0. The minimum Gasteiger partial charge on any atom is -0.369 e. The number of rotatable bonds is 5. The topological polar surface area (TPSA) is 89.8 Å². The second-order valence-corrected chi connectivity index (χ2v) is 9.06. The molecule has 11 heteroatoms. The number of hydrogen-bond donors (Lipinski definition) is 0. The van der Waals surface area contributed by atoms with Gasteiger partial charge in [-0.1, -0.05) is 17.7 Å². The molecule has 0 spiro atoms. The third-order valence-electron chi connectivity index (χ3n) is 6.55. The van der Waals surface area contributed by atoms with E-state index in [2.05, 4.69) is 20.9 Å². The third-order valence-corrected chi connectivity index (χ3v) is 6.78. The molecule has 0 saturated carbocycles. The molecular formula is C23H26ClN7O3. The van der Waals surface area contributed by atoms with Crippen LogP contribution >= 0.6 is 11.6 Å². The number of nitrogens with zero attached hydrogens (tertiary/aromatic N) is 7. The van der Waals surface area contributed by atoms with Gasteiger partial charge < -0.3 is 4.90 Å². The van der Waals surface area contributed by atoms with Gasteiger partial charge in [-0.15, -0.1) is 0 Å². The number of imidazole rings is 1. The van der Waals surface area contributed by atoms with Gasteiger partial charge in [0.05, 0.1) is 0 Å². The zero-order valence-corrected chi connectivity index (χ0v) is 19.9. The molecule has 4 heterocycles. The molecule has 1 aliphatic rings. The highest BCUT2D eigenvalue weighted by Crippen LogP contribution is 2.21. The fourth-order valence-electron chi connectivity index (χ4n) is 4.63. The molecule has 0 unspecified atom stereocenters. The van der Waals surface area contributed by atoms with Crippen LogP contribution in [-0.4, -0.2) is 60.7 Å². The third kappa shape index (κ3) is 3.82. The lowest BCUT2D eigenvalue weighted by Crippen LogP contribution is -2.46. The molecular weight excluding hydrogens is 458 g/mol. The van der Waals surface area contributed by atoms with E-state index < -0.39 is 11.2 Å². The number of anilines is 1. The van der Waals surface area contributed by atoms with Gasteiger partial charge in [-0.25, -0.2) is 4.79 Å². The molecule has 0 amide bonds. The molecule has 4 aromatic rings. The molecule has 1 aromatic carbocycles. The Morgan fingerprint density at radius 1 is 0.971 bits per heavy atom. The van der Waals surface area contributed by atoms with E-state index >= 15 is 0 Å². The molecule has 0 radical (unpaired) electrons. The fourth-order valence-corrected chi connectivity index (χ4v) is 4.81. The number of fused-ring (bicyclic) bond motifs is 3. The van der Waals surface area contributed by atoms with Gasteiger partial charge in [0, 0.05) is 69.8 Å². The van der Waals surface area contributed by atoms with E-state index in [1.165, 1.54) is 17.7 Å². The Morgan fingerprint density at radius 3 is 2.47 bits per heavy atom. The number of aromatic nitrogens is 5. The lowest BCUT2D eigenvalue weighted by atomic mass is 10.2. The van der Waals surface area contributed by atoms with Crippen molar-refractivity contribution in [3.63, 3.8) is 0 Å². The van der Waals surface area contributed by atoms with Crippen molar-refractivity contribution in [2.45, 2.75) is 13.0 Å². The number of aryl methyl sites for hydroxylation is 2. The van der Waals surface area contributed by atoms with Crippen LogP contribution in [0, 0.1) is 0 Å². The Morgan fingerprint density at radius 2 is 1.74 bits per heavy atom. The lowest BCUT2D eigenvalue weighted by molar-refractivity contribution is 0.250. The summed E-state index contributed by atoms with van der Waals surface area (Å²) >= 11 is 6.13. The summed E-state index contributed by atoms with van der Waals surface area (Å²) in [7, 11) is 3.01. The van der Waals surface area contributed by atoms with E-state index in [9.17, 15) is 14.4 Å². The van der Waals surface area contributed by atoms with Crippen LogP contribution in [-0.2, 0) is 20.6 Å². The molecule has 0 bridgehead atoms. The summed E-state index contributed by atoms with van der Waals surface area (Å²) in [6.07, 6.45) is 2.31. The highest BCUT2D eigenvalue weighted by Gasteiger charge is 2.19. The van der Waals surface area contributed by atoms with Crippen LogP contribution in [0.25, 0.3) is 16.9 Å². The van der Waals surface area contributed by atoms with Gasteiger partial charge in [-0.3, -0.25) is 32.6 Å². The summed E-state index contributed by atoms with van der Waals surface area (Å²) in [4.78, 5) is 46.9.